The molecule has 6 nitrogen and oxygen atoms in total. The van der Waals surface area contributed by atoms with E-state index in [1.54, 1.807) is 6.20 Å². The highest BCUT2D eigenvalue weighted by molar-refractivity contribution is 7.86. The number of hydrogen-bond acceptors (Lipinski definition) is 5. The van der Waals surface area contributed by atoms with Gasteiger partial charge in [0.05, 0.1) is 23.1 Å². The summed E-state index contributed by atoms with van der Waals surface area (Å²) in [5.74, 6) is 0.749. The number of aliphatic hydroxyl groups excluding tert-OH is 1. The molecule has 38 heavy (non-hydrogen) atoms. The van der Waals surface area contributed by atoms with Crippen LogP contribution in [0.4, 0.5) is 13.2 Å². The van der Waals surface area contributed by atoms with Crippen molar-refractivity contribution in [3.05, 3.63) is 72.2 Å². The molecule has 0 bridgehead atoms. The van der Waals surface area contributed by atoms with Crippen LogP contribution < -0.4 is 0 Å². The highest BCUT2D eigenvalue weighted by atomic mass is 32.2. The first kappa shape index (κ1) is 27.9. The van der Waals surface area contributed by atoms with Gasteiger partial charge >= 0.3 is 6.18 Å². The van der Waals surface area contributed by atoms with Gasteiger partial charge in [0.2, 0.25) is 0 Å². The fourth-order valence-corrected chi connectivity index (χ4v) is 5.38. The van der Waals surface area contributed by atoms with Crippen LogP contribution in [0.3, 0.4) is 0 Å². The van der Waals surface area contributed by atoms with E-state index in [4.69, 9.17) is 4.98 Å². The van der Waals surface area contributed by atoms with Crippen LogP contribution in [0.25, 0.3) is 28.0 Å². The quantitative estimate of drug-likeness (QED) is 0.274. The minimum absolute atomic E-state index is 0.0567. The van der Waals surface area contributed by atoms with E-state index in [1.807, 2.05) is 57.2 Å². The molecule has 0 amide bonds. The first-order valence-corrected chi connectivity index (χ1v) is 13.8. The molecule has 1 N–H and O–H groups in total. The summed E-state index contributed by atoms with van der Waals surface area (Å²) < 4.78 is 53.1. The Morgan fingerprint density at radius 2 is 1.71 bits per heavy atom. The molecular weight excluding hydrogens is 513 g/mol. The summed E-state index contributed by atoms with van der Waals surface area (Å²) in [6.07, 6.45) is -4.09. The van der Waals surface area contributed by atoms with E-state index in [2.05, 4.69) is 17.0 Å². The summed E-state index contributed by atoms with van der Waals surface area (Å²) in [5, 5.41) is 14.8. The monoisotopic (exact) mass is 544 g/mol. The smallest absolute Gasteiger partial charge is 0.378 e. The lowest BCUT2D eigenvalue weighted by atomic mass is 10.00. The maximum atomic E-state index is 13.0. The van der Waals surface area contributed by atoms with Crippen molar-refractivity contribution in [2.45, 2.75) is 63.5 Å². The van der Waals surface area contributed by atoms with E-state index in [1.165, 1.54) is 16.8 Å². The Labute approximate surface area is 222 Å². The van der Waals surface area contributed by atoms with Crippen LogP contribution in [0, 0.1) is 0 Å². The predicted octanol–water partition coefficient (Wildman–Crippen LogP) is 6.51. The summed E-state index contributed by atoms with van der Waals surface area (Å²) in [6, 6.07) is 15.5. The molecule has 0 saturated carbocycles. The SMILES string of the molecule is CCC[C@H](C[S@@](=O)C(C)(C)C)c1cccc(-c2ccc3cnn(-c4cccc([C@H](O)C(F)(F)F)n4)c3c2)n1. The zero-order valence-corrected chi connectivity index (χ0v) is 22.6. The Hall–Kier alpha value is -3.11. The zero-order valence-electron chi connectivity index (χ0n) is 21.7. The Kier molecular flexibility index (Phi) is 8.04. The van der Waals surface area contributed by atoms with E-state index < -0.39 is 28.8 Å². The number of hydrogen-bond donors (Lipinski definition) is 1. The fourth-order valence-electron chi connectivity index (χ4n) is 4.18. The molecule has 4 aromatic rings. The third kappa shape index (κ3) is 6.13. The first-order chi connectivity index (χ1) is 17.9. The van der Waals surface area contributed by atoms with Gasteiger partial charge in [-0.05, 0) is 57.5 Å². The van der Waals surface area contributed by atoms with Crippen LogP contribution in [0.5, 0.6) is 0 Å². The van der Waals surface area contributed by atoms with Crippen molar-refractivity contribution in [3.63, 3.8) is 0 Å². The molecule has 3 atom stereocenters. The third-order valence-corrected chi connectivity index (χ3v) is 8.36. The second-order valence-corrected chi connectivity index (χ2v) is 12.5. The predicted molar refractivity (Wildman–Crippen MR) is 144 cm³/mol. The van der Waals surface area contributed by atoms with Crippen LogP contribution in [-0.2, 0) is 10.8 Å². The topological polar surface area (TPSA) is 80.9 Å². The molecule has 4 rings (SSSR count). The number of pyridine rings is 2. The molecule has 202 valence electrons. The molecule has 1 aromatic carbocycles. The minimum Gasteiger partial charge on any atom is -0.378 e. The number of fused-ring (bicyclic) bond motifs is 1. The van der Waals surface area contributed by atoms with E-state index >= 15 is 0 Å². The van der Waals surface area contributed by atoms with Crippen LogP contribution in [0.1, 0.15) is 63.9 Å². The van der Waals surface area contributed by atoms with Crippen molar-refractivity contribution >= 4 is 21.7 Å². The summed E-state index contributed by atoms with van der Waals surface area (Å²) in [6.45, 7) is 8.02. The fraction of sp³-hybridized carbons (Fsp3) is 0.393. The average molecular weight is 545 g/mol. The second kappa shape index (κ2) is 10.9. The maximum absolute atomic E-state index is 13.0. The van der Waals surface area contributed by atoms with Gasteiger partial charge in [-0.2, -0.15) is 18.3 Å². The van der Waals surface area contributed by atoms with Crippen molar-refractivity contribution in [1.29, 1.82) is 0 Å². The Morgan fingerprint density at radius 3 is 2.39 bits per heavy atom. The van der Waals surface area contributed by atoms with Crippen LogP contribution in [0.2, 0.25) is 0 Å². The van der Waals surface area contributed by atoms with Gasteiger partial charge in [-0.1, -0.05) is 37.6 Å². The first-order valence-electron chi connectivity index (χ1n) is 12.4. The number of nitrogens with zero attached hydrogens (tertiary/aromatic N) is 4. The molecule has 10 heteroatoms. The number of halogens is 3. The van der Waals surface area contributed by atoms with Gasteiger partial charge in [0.25, 0.3) is 0 Å². The normalized spacial score (nSPS) is 14.9. The maximum Gasteiger partial charge on any atom is 0.420 e. The van der Waals surface area contributed by atoms with E-state index in [-0.39, 0.29) is 16.5 Å². The van der Waals surface area contributed by atoms with Gasteiger partial charge in [-0.3, -0.25) is 9.19 Å². The Bertz CT molecular complexity index is 1450. The molecule has 0 aliphatic carbocycles. The number of benzene rings is 1. The van der Waals surface area contributed by atoms with Gasteiger partial charge in [0, 0.05) is 43.9 Å². The van der Waals surface area contributed by atoms with E-state index in [0.29, 0.717) is 11.3 Å². The Morgan fingerprint density at radius 1 is 1.00 bits per heavy atom. The summed E-state index contributed by atoms with van der Waals surface area (Å²) in [5.41, 5.74) is 2.55. The van der Waals surface area contributed by atoms with Gasteiger partial charge in [0.1, 0.15) is 0 Å². The zero-order chi connectivity index (χ0) is 27.7. The van der Waals surface area contributed by atoms with Gasteiger partial charge in [0.15, 0.2) is 11.9 Å². The van der Waals surface area contributed by atoms with Gasteiger partial charge in [-0.25, -0.2) is 9.67 Å². The summed E-state index contributed by atoms with van der Waals surface area (Å²) >= 11 is 0. The Balaban J connectivity index is 1.70. The standard InChI is InChI=1S/C28H31F3N4O2S/c1-5-8-20(17-38(37)27(2,3)4)22-10-6-9-21(33-22)18-13-14-19-16-32-35(24(19)15-18)25-12-7-11-23(34-25)26(36)28(29,30)31/h6-7,9-16,20,26,36H,5,8,17H2,1-4H3/t20-,26+,38-/m1/s1. The molecule has 0 fully saturated rings. The number of rotatable bonds is 8. The largest absolute Gasteiger partial charge is 0.420 e. The second-order valence-electron chi connectivity index (χ2n) is 10.3. The highest BCUT2D eigenvalue weighted by Gasteiger charge is 2.40. The van der Waals surface area contributed by atoms with E-state index in [0.717, 1.165) is 41.2 Å². The molecule has 0 spiro atoms. The molecule has 3 aromatic heterocycles. The lowest BCUT2D eigenvalue weighted by Crippen LogP contribution is -2.27. The third-order valence-electron chi connectivity index (χ3n) is 6.29. The number of aliphatic hydroxyl groups is 1. The average Bonchev–Trinajstić information content (AvgIpc) is 3.30. The molecule has 3 heterocycles. The van der Waals surface area contributed by atoms with Gasteiger partial charge < -0.3 is 5.11 Å². The summed E-state index contributed by atoms with van der Waals surface area (Å²) in [7, 11) is -1.02. The van der Waals surface area contributed by atoms with Crippen LogP contribution >= 0.6 is 0 Å². The van der Waals surface area contributed by atoms with Gasteiger partial charge in [-0.15, -0.1) is 0 Å². The van der Waals surface area contributed by atoms with Crippen molar-refractivity contribution < 1.29 is 22.5 Å². The summed E-state index contributed by atoms with van der Waals surface area (Å²) in [4.78, 5) is 8.94. The lowest BCUT2D eigenvalue weighted by Gasteiger charge is -2.23. The van der Waals surface area contributed by atoms with Crippen molar-refractivity contribution in [2.75, 3.05) is 5.75 Å². The van der Waals surface area contributed by atoms with Crippen molar-refractivity contribution in [3.8, 4) is 17.1 Å². The highest BCUT2D eigenvalue weighted by Crippen LogP contribution is 2.32. The molecule has 0 aliphatic heterocycles. The van der Waals surface area contributed by atoms with Crippen molar-refractivity contribution in [1.82, 2.24) is 19.7 Å². The number of aromatic nitrogens is 4. The number of alkyl halides is 3. The van der Waals surface area contributed by atoms with Crippen LogP contribution in [-0.4, -0.2) is 45.7 Å². The van der Waals surface area contributed by atoms with Crippen molar-refractivity contribution in [2.24, 2.45) is 0 Å². The molecular formula is C28H31F3N4O2S. The molecule has 0 saturated heterocycles. The van der Waals surface area contributed by atoms with E-state index in [9.17, 15) is 22.5 Å². The van der Waals surface area contributed by atoms with Crippen LogP contribution in [0.15, 0.2) is 60.8 Å². The molecule has 0 radical (unpaired) electrons. The molecule has 0 unspecified atom stereocenters. The minimum atomic E-state index is -4.82. The lowest BCUT2D eigenvalue weighted by molar-refractivity contribution is -0.207. The molecule has 0 aliphatic rings.